The highest BCUT2D eigenvalue weighted by molar-refractivity contribution is 8.03. The van der Waals surface area contributed by atoms with E-state index in [1.54, 1.807) is 7.11 Å². The van der Waals surface area contributed by atoms with E-state index in [1.165, 1.54) is 42.0 Å². The number of aryl methyl sites for hydroxylation is 1. The van der Waals surface area contributed by atoms with Crippen molar-refractivity contribution in [1.29, 1.82) is 0 Å². The molecule has 0 spiro atoms. The van der Waals surface area contributed by atoms with Gasteiger partial charge in [-0.1, -0.05) is 83.8 Å². The molecule has 5 heteroatoms. The van der Waals surface area contributed by atoms with E-state index >= 15 is 0 Å². The second-order valence-corrected chi connectivity index (χ2v) is 10.9. The molecule has 2 aliphatic rings. The molecule has 1 aliphatic carbocycles. The number of nitrogens with zero attached hydrogens (tertiary/aromatic N) is 2. The smallest absolute Gasteiger partial charge is 0.262 e. The number of aromatic nitrogens is 1. The van der Waals surface area contributed by atoms with Crippen LogP contribution in [0.25, 0.3) is 16.3 Å². The number of ether oxygens (including phenoxy) is 1. The highest BCUT2D eigenvalue weighted by atomic mass is 32.2. The molecule has 0 saturated carbocycles. The fourth-order valence-electron chi connectivity index (χ4n) is 4.91. The van der Waals surface area contributed by atoms with Gasteiger partial charge in [0.1, 0.15) is 17.0 Å². The molecule has 1 aliphatic heterocycles. The van der Waals surface area contributed by atoms with Crippen LogP contribution in [0, 0.1) is 0 Å². The zero-order valence-corrected chi connectivity index (χ0v) is 23.3. The first kappa shape index (κ1) is 25.4. The third-order valence-electron chi connectivity index (χ3n) is 6.65. The van der Waals surface area contributed by atoms with Gasteiger partial charge in [-0.2, -0.15) is 4.57 Å². The Kier molecular flexibility index (Phi) is 8.12. The number of methoxy groups -OCH3 is 1. The van der Waals surface area contributed by atoms with Crippen LogP contribution in [0.4, 0.5) is 5.69 Å². The minimum Gasteiger partial charge on any atom is -0.496 e. The lowest BCUT2D eigenvalue weighted by molar-refractivity contribution is -0.665. The highest BCUT2D eigenvalue weighted by Crippen LogP contribution is 2.45. The SMILES string of the molecule is CCN1C(=CC=CC=C2CCC(C=CC=Cc3sc4ccccc4[n+]3CC)=C2OC)Sc2ccccc21. The average molecular weight is 526 g/mol. The van der Waals surface area contributed by atoms with Gasteiger partial charge in [-0.05, 0) is 62.1 Å². The third kappa shape index (κ3) is 5.39. The van der Waals surface area contributed by atoms with Crippen molar-refractivity contribution in [3.05, 3.63) is 118 Å². The number of hydrogen-bond donors (Lipinski definition) is 0. The largest absolute Gasteiger partial charge is 0.496 e. The third-order valence-corrected chi connectivity index (χ3v) is 8.91. The van der Waals surface area contributed by atoms with E-state index in [2.05, 4.69) is 120 Å². The van der Waals surface area contributed by atoms with Gasteiger partial charge >= 0.3 is 0 Å². The molecule has 0 unspecified atom stereocenters. The van der Waals surface area contributed by atoms with Crippen LogP contribution in [-0.4, -0.2) is 13.7 Å². The van der Waals surface area contributed by atoms with Gasteiger partial charge in [0.15, 0.2) is 0 Å². The van der Waals surface area contributed by atoms with E-state index in [1.807, 2.05) is 23.1 Å². The maximum atomic E-state index is 5.81. The van der Waals surface area contributed by atoms with E-state index in [4.69, 9.17) is 4.74 Å². The lowest BCUT2D eigenvalue weighted by Crippen LogP contribution is -2.33. The normalized spacial score (nSPS) is 18.2. The Labute approximate surface area is 228 Å². The summed E-state index contributed by atoms with van der Waals surface area (Å²) in [6, 6.07) is 17.2. The minimum atomic E-state index is 0.965. The Bertz CT molecular complexity index is 1470. The molecular formula is C32H33N2OS2+. The maximum absolute atomic E-state index is 5.81. The second-order valence-electron chi connectivity index (χ2n) is 8.82. The topological polar surface area (TPSA) is 16.4 Å². The van der Waals surface area contributed by atoms with Gasteiger partial charge in [0, 0.05) is 23.6 Å². The molecule has 0 bridgehead atoms. The number of hydrogen-bond acceptors (Lipinski definition) is 4. The Balaban J connectivity index is 1.27. The summed E-state index contributed by atoms with van der Waals surface area (Å²) in [4.78, 5) is 3.69. The van der Waals surface area contributed by atoms with Gasteiger partial charge in [-0.3, -0.25) is 0 Å². The molecular weight excluding hydrogens is 492 g/mol. The van der Waals surface area contributed by atoms with Gasteiger partial charge in [-0.15, -0.1) is 0 Å². The van der Waals surface area contributed by atoms with Crippen LogP contribution >= 0.6 is 23.1 Å². The van der Waals surface area contributed by atoms with Gasteiger partial charge < -0.3 is 9.64 Å². The fraction of sp³-hybridized carbons (Fsp3) is 0.219. The number of rotatable bonds is 8. The fourth-order valence-corrected chi connectivity index (χ4v) is 7.19. The van der Waals surface area contributed by atoms with Crippen LogP contribution in [0.1, 0.15) is 31.7 Å². The molecule has 3 aromatic rings. The van der Waals surface area contributed by atoms with Crippen LogP contribution in [0.3, 0.4) is 0 Å². The Morgan fingerprint density at radius 1 is 0.919 bits per heavy atom. The number of thiazole rings is 1. The summed E-state index contributed by atoms with van der Waals surface area (Å²) in [5, 5.41) is 2.54. The summed E-state index contributed by atoms with van der Waals surface area (Å²) in [5.74, 6) is 1.00. The summed E-state index contributed by atoms with van der Waals surface area (Å²) < 4.78 is 9.50. The van der Waals surface area contributed by atoms with Crippen molar-refractivity contribution in [2.45, 2.75) is 38.1 Å². The van der Waals surface area contributed by atoms with Gasteiger partial charge in [0.05, 0.1) is 17.8 Å². The van der Waals surface area contributed by atoms with Crippen molar-refractivity contribution >= 4 is 45.1 Å². The first-order valence-corrected chi connectivity index (χ1v) is 14.5. The van der Waals surface area contributed by atoms with Gasteiger partial charge in [0.25, 0.3) is 5.01 Å². The molecule has 0 radical (unpaired) electrons. The van der Waals surface area contributed by atoms with Gasteiger partial charge in [-0.25, -0.2) is 0 Å². The van der Waals surface area contributed by atoms with E-state index in [-0.39, 0.29) is 0 Å². The minimum absolute atomic E-state index is 0.965. The monoisotopic (exact) mass is 525 g/mol. The number of fused-ring (bicyclic) bond motifs is 2. The highest BCUT2D eigenvalue weighted by Gasteiger charge is 2.22. The summed E-state index contributed by atoms with van der Waals surface area (Å²) in [5.41, 5.74) is 5.11. The molecule has 0 fully saturated rings. The number of para-hydroxylation sites is 2. The predicted octanol–water partition coefficient (Wildman–Crippen LogP) is 8.43. The van der Waals surface area contributed by atoms with Crippen LogP contribution in [-0.2, 0) is 11.3 Å². The summed E-state index contributed by atoms with van der Waals surface area (Å²) >= 11 is 3.67. The standard InChI is InChI=1S/C32H33N2OS2/c1-4-33-26-16-8-10-18-28(26)36-30(33)20-12-6-14-24-22-23-25(32(24)35-3)15-7-13-21-31-34(5-2)27-17-9-11-19-29(27)37-31/h6-21H,4-5,22-23H2,1-3H3/q+1. The molecule has 37 heavy (non-hydrogen) atoms. The van der Waals surface area contributed by atoms with E-state index in [0.717, 1.165) is 31.7 Å². The summed E-state index contributed by atoms with van der Waals surface area (Å²) in [6.45, 7) is 6.33. The number of benzene rings is 2. The molecule has 0 saturated heterocycles. The second kappa shape index (κ2) is 11.8. The first-order valence-electron chi connectivity index (χ1n) is 12.9. The van der Waals surface area contributed by atoms with Crippen molar-refractivity contribution in [2.75, 3.05) is 18.6 Å². The Hall–Kier alpha value is -3.28. The average Bonchev–Trinajstić information content (AvgIpc) is 3.60. The molecule has 2 aromatic carbocycles. The van der Waals surface area contributed by atoms with E-state index in [0.29, 0.717) is 0 Å². The Morgan fingerprint density at radius 2 is 1.70 bits per heavy atom. The lowest BCUT2D eigenvalue weighted by Gasteiger charge is -2.17. The van der Waals surface area contributed by atoms with Crippen molar-refractivity contribution in [2.24, 2.45) is 0 Å². The van der Waals surface area contributed by atoms with Crippen molar-refractivity contribution in [3.63, 3.8) is 0 Å². The predicted molar refractivity (Wildman–Crippen MR) is 160 cm³/mol. The molecule has 3 nitrogen and oxygen atoms in total. The van der Waals surface area contributed by atoms with Crippen LogP contribution in [0.5, 0.6) is 0 Å². The van der Waals surface area contributed by atoms with Crippen molar-refractivity contribution in [3.8, 4) is 0 Å². The lowest BCUT2D eigenvalue weighted by atomic mass is 10.2. The number of anilines is 1. The number of allylic oxidation sites excluding steroid dienone is 9. The van der Waals surface area contributed by atoms with Crippen molar-refractivity contribution < 1.29 is 9.30 Å². The molecule has 0 amide bonds. The quantitative estimate of drug-likeness (QED) is 0.217. The summed E-state index contributed by atoms with van der Waals surface area (Å²) in [7, 11) is 1.77. The maximum Gasteiger partial charge on any atom is 0.262 e. The zero-order chi connectivity index (χ0) is 25.6. The van der Waals surface area contributed by atoms with Crippen molar-refractivity contribution in [1.82, 2.24) is 0 Å². The number of thioether (sulfide) groups is 1. The Morgan fingerprint density at radius 3 is 2.54 bits per heavy atom. The van der Waals surface area contributed by atoms with Gasteiger partial charge in [0.2, 0.25) is 5.52 Å². The first-order chi connectivity index (χ1) is 18.2. The molecule has 2 heterocycles. The van der Waals surface area contributed by atoms with E-state index in [9.17, 15) is 0 Å². The van der Waals surface area contributed by atoms with E-state index < -0.39 is 0 Å². The van der Waals surface area contributed by atoms with Crippen LogP contribution < -0.4 is 9.47 Å². The summed E-state index contributed by atoms with van der Waals surface area (Å²) in [6.07, 6.45) is 19.4. The molecule has 0 atom stereocenters. The molecule has 0 N–H and O–H groups in total. The molecule has 5 rings (SSSR count). The van der Waals surface area contributed by atoms with Crippen LogP contribution in [0.2, 0.25) is 0 Å². The molecule has 1 aromatic heterocycles. The molecule has 188 valence electrons. The zero-order valence-electron chi connectivity index (χ0n) is 21.7. The van der Waals surface area contributed by atoms with Crippen LogP contribution in [0.15, 0.2) is 118 Å².